The molecule has 0 saturated carbocycles. The number of thiocarbonyl (C=S) groups is 1. The maximum atomic E-state index is 5.82. The van der Waals surface area contributed by atoms with Crippen LogP contribution in [0.15, 0.2) is 97.3 Å². The lowest BCUT2D eigenvalue weighted by atomic mass is 10.0. The summed E-state index contributed by atoms with van der Waals surface area (Å²) in [5, 5.41) is 4.19. The number of hydrogen-bond acceptors (Lipinski definition) is 3. The number of methoxy groups -OCH3 is 1. The van der Waals surface area contributed by atoms with E-state index in [-0.39, 0.29) is 12.1 Å². The fraction of sp³-hybridized carbons (Fsp3) is 0.120. The van der Waals surface area contributed by atoms with Gasteiger partial charge in [0.05, 0.1) is 18.8 Å². The van der Waals surface area contributed by atoms with Crippen molar-refractivity contribution in [3.63, 3.8) is 0 Å². The Morgan fingerprint density at radius 1 is 0.871 bits per heavy atom. The molecule has 31 heavy (non-hydrogen) atoms. The lowest BCUT2D eigenvalue weighted by Crippen LogP contribution is -2.30. The Kier molecular flexibility index (Phi) is 5.14. The van der Waals surface area contributed by atoms with Crippen LogP contribution in [0.25, 0.3) is 5.69 Å². The quantitative estimate of drug-likeness (QED) is 0.452. The van der Waals surface area contributed by atoms with Crippen LogP contribution in [0.4, 0.5) is 5.69 Å². The number of rotatable bonds is 5. The number of pyridine rings is 1. The van der Waals surface area contributed by atoms with Crippen LogP contribution in [0.2, 0.25) is 0 Å². The van der Waals surface area contributed by atoms with E-state index in [9.17, 15) is 0 Å². The molecule has 1 aliphatic heterocycles. The highest BCUT2D eigenvalue weighted by Crippen LogP contribution is 2.42. The molecule has 0 aliphatic carbocycles. The normalized spacial score (nSPS) is 18.1. The molecule has 1 N–H and O–H groups in total. The van der Waals surface area contributed by atoms with Crippen molar-refractivity contribution in [3.05, 3.63) is 109 Å². The van der Waals surface area contributed by atoms with Crippen LogP contribution >= 0.6 is 12.2 Å². The molecule has 2 atom stereocenters. The number of anilines is 1. The van der Waals surface area contributed by atoms with Gasteiger partial charge >= 0.3 is 0 Å². The molecule has 0 bridgehead atoms. The van der Waals surface area contributed by atoms with Gasteiger partial charge in [0.2, 0.25) is 0 Å². The highest BCUT2D eigenvalue weighted by molar-refractivity contribution is 7.80. The minimum atomic E-state index is -0.0897. The Hall–Kier alpha value is -3.64. The molecule has 5 rings (SSSR count). The van der Waals surface area contributed by atoms with Crippen LogP contribution in [0.5, 0.6) is 5.75 Å². The molecule has 0 spiro atoms. The molecule has 0 amide bonds. The first-order valence-corrected chi connectivity index (χ1v) is 10.5. The summed E-state index contributed by atoms with van der Waals surface area (Å²) < 4.78 is 7.56. The van der Waals surface area contributed by atoms with E-state index >= 15 is 0 Å². The van der Waals surface area contributed by atoms with Gasteiger partial charge in [0, 0.05) is 29.5 Å². The first-order valence-electron chi connectivity index (χ1n) is 10.1. The van der Waals surface area contributed by atoms with Crippen molar-refractivity contribution >= 4 is 23.0 Å². The second kappa shape index (κ2) is 8.24. The van der Waals surface area contributed by atoms with Gasteiger partial charge in [-0.25, -0.2) is 0 Å². The lowest BCUT2D eigenvalue weighted by Gasteiger charge is -2.29. The molecule has 3 heterocycles. The molecular formula is C25H22N4OS. The van der Waals surface area contributed by atoms with Crippen molar-refractivity contribution < 1.29 is 4.74 Å². The first-order chi connectivity index (χ1) is 15.3. The average molecular weight is 427 g/mol. The molecule has 154 valence electrons. The third-order valence-electron chi connectivity index (χ3n) is 5.57. The highest BCUT2D eigenvalue weighted by atomic mass is 32.1. The van der Waals surface area contributed by atoms with Crippen molar-refractivity contribution in [2.24, 2.45) is 0 Å². The van der Waals surface area contributed by atoms with Gasteiger partial charge in [0.25, 0.3) is 0 Å². The van der Waals surface area contributed by atoms with Crippen molar-refractivity contribution in [1.82, 2.24) is 14.9 Å². The predicted molar refractivity (Wildman–Crippen MR) is 127 cm³/mol. The van der Waals surface area contributed by atoms with E-state index in [2.05, 4.69) is 50.2 Å². The fourth-order valence-electron chi connectivity index (χ4n) is 4.14. The molecule has 1 aliphatic rings. The van der Waals surface area contributed by atoms with Crippen molar-refractivity contribution in [3.8, 4) is 11.4 Å². The van der Waals surface area contributed by atoms with E-state index in [0.717, 1.165) is 28.5 Å². The van der Waals surface area contributed by atoms with Crippen LogP contribution in [-0.4, -0.2) is 21.8 Å². The minimum absolute atomic E-state index is 0.0778. The first kappa shape index (κ1) is 19.3. The number of hydrogen-bond donors (Lipinski definition) is 1. The maximum absolute atomic E-state index is 5.82. The number of nitrogens with one attached hydrogen (secondary N) is 1. The van der Waals surface area contributed by atoms with Gasteiger partial charge in [-0.05, 0) is 72.9 Å². The zero-order chi connectivity index (χ0) is 21.2. The maximum Gasteiger partial charge on any atom is 0.174 e. The Labute approximate surface area is 186 Å². The van der Waals surface area contributed by atoms with E-state index in [0.29, 0.717) is 5.11 Å². The second-order valence-corrected chi connectivity index (χ2v) is 7.72. The van der Waals surface area contributed by atoms with E-state index in [1.54, 1.807) is 7.11 Å². The monoisotopic (exact) mass is 426 g/mol. The van der Waals surface area contributed by atoms with Crippen LogP contribution in [0.1, 0.15) is 23.5 Å². The summed E-state index contributed by atoms with van der Waals surface area (Å²) in [6.07, 6.45) is 3.91. The van der Waals surface area contributed by atoms with Gasteiger partial charge in [-0.3, -0.25) is 4.98 Å². The Morgan fingerprint density at radius 2 is 1.65 bits per heavy atom. The smallest absolute Gasteiger partial charge is 0.174 e. The summed E-state index contributed by atoms with van der Waals surface area (Å²) in [7, 11) is 1.67. The topological polar surface area (TPSA) is 42.3 Å². The average Bonchev–Trinajstić information content (AvgIpc) is 3.44. The summed E-state index contributed by atoms with van der Waals surface area (Å²) >= 11 is 5.82. The zero-order valence-corrected chi connectivity index (χ0v) is 17.9. The van der Waals surface area contributed by atoms with E-state index in [1.165, 1.54) is 0 Å². The van der Waals surface area contributed by atoms with E-state index < -0.39 is 0 Å². The second-order valence-electron chi connectivity index (χ2n) is 7.33. The summed E-state index contributed by atoms with van der Waals surface area (Å²) in [6.45, 7) is 0. The number of para-hydroxylation sites is 1. The van der Waals surface area contributed by atoms with Crippen LogP contribution < -0.4 is 15.0 Å². The molecular weight excluding hydrogens is 404 g/mol. The predicted octanol–water partition coefficient (Wildman–Crippen LogP) is 5.06. The van der Waals surface area contributed by atoms with E-state index in [1.807, 2.05) is 66.9 Å². The van der Waals surface area contributed by atoms with Gasteiger partial charge in [-0.1, -0.05) is 24.3 Å². The molecule has 2 aromatic carbocycles. The number of nitrogens with zero attached hydrogens (tertiary/aromatic N) is 3. The van der Waals surface area contributed by atoms with Crippen molar-refractivity contribution in [2.75, 3.05) is 12.0 Å². The summed E-state index contributed by atoms with van der Waals surface area (Å²) in [5.74, 6) is 0.812. The Bertz CT molecular complexity index is 1180. The Balaban J connectivity index is 1.65. The lowest BCUT2D eigenvalue weighted by molar-refractivity contribution is 0.415. The van der Waals surface area contributed by atoms with Crippen LogP contribution in [-0.2, 0) is 0 Å². The van der Waals surface area contributed by atoms with Gasteiger partial charge in [0.1, 0.15) is 11.8 Å². The van der Waals surface area contributed by atoms with Gasteiger partial charge in [-0.15, -0.1) is 0 Å². The number of aromatic nitrogens is 2. The standard InChI is InChI=1S/C25H22N4OS/c1-30-20-14-12-19(13-15-20)29-24(23(27-25(29)31)21-10-5-6-16-26-21)22-11-7-17-28(22)18-8-3-2-4-9-18/h2-17,23-24H,1H3,(H,27,31)/t23-,24-/m0/s1. The molecule has 4 aromatic rings. The fourth-order valence-corrected chi connectivity index (χ4v) is 4.48. The molecule has 6 heteroatoms. The van der Waals surface area contributed by atoms with Crippen LogP contribution in [0, 0.1) is 0 Å². The summed E-state index contributed by atoms with van der Waals surface area (Å²) in [4.78, 5) is 6.80. The zero-order valence-electron chi connectivity index (χ0n) is 17.1. The summed E-state index contributed by atoms with van der Waals surface area (Å²) in [6, 6.07) is 28.4. The third kappa shape index (κ3) is 3.55. The van der Waals surface area contributed by atoms with Gasteiger partial charge in [0.15, 0.2) is 5.11 Å². The number of ether oxygens (including phenoxy) is 1. The molecule has 0 unspecified atom stereocenters. The molecule has 0 radical (unpaired) electrons. The molecule has 1 saturated heterocycles. The molecule has 5 nitrogen and oxygen atoms in total. The minimum Gasteiger partial charge on any atom is -0.497 e. The number of benzene rings is 2. The van der Waals surface area contributed by atoms with Crippen molar-refractivity contribution in [1.29, 1.82) is 0 Å². The SMILES string of the molecule is COc1ccc(N2C(=S)N[C@@H](c3ccccn3)[C@@H]2c2cccn2-c2ccccc2)cc1. The third-order valence-corrected chi connectivity index (χ3v) is 5.88. The summed E-state index contributed by atoms with van der Waals surface area (Å²) in [5.41, 5.74) is 4.19. The highest BCUT2D eigenvalue weighted by Gasteiger charge is 2.42. The van der Waals surface area contributed by atoms with E-state index in [4.69, 9.17) is 17.0 Å². The largest absolute Gasteiger partial charge is 0.497 e. The van der Waals surface area contributed by atoms with Crippen LogP contribution in [0.3, 0.4) is 0 Å². The van der Waals surface area contributed by atoms with Gasteiger partial charge in [-0.2, -0.15) is 0 Å². The Morgan fingerprint density at radius 3 is 2.35 bits per heavy atom. The molecule has 1 fully saturated rings. The molecule has 2 aromatic heterocycles. The van der Waals surface area contributed by atoms with Gasteiger partial charge < -0.3 is 19.5 Å². The van der Waals surface area contributed by atoms with Crippen molar-refractivity contribution in [2.45, 2.75) is 12.1 Å².